The molecule has 0 spiro atoms. The summed E-state index contributed by atoms with van der Waals surface area (Å²) in [4.78, 5) is 27.9. The normalized spacial score (nSPS) is 9.76. The topological polar surface area (TPSA) is 142 Å². The van der Waals surface area contributed by atoms with Crippen molar-refractivity contribution in [2.75, 3.05) is 0 Å². The van der Waals surface area contributed by atoms with Gasteiger partial charge in [0.1, 0.15) is 35.3 Å². The predicted molar refractivity (Wildman–Crippen MR) is 158 cm³/mol. The van der Waals surface area contributed by atoms with E-state index in [1.807, 2.05) is 32.0 Å². The molecule has 0 aromatic carbocycles. The van der Waals surface area contributed by atoms with E-state index in [2.05, 4.69) is 24.9 Å². The summed E-state index contributed by atoms with van der Waals surface area (Å²) in [5.41, 5.74) is 0.398. The van der Waals surface area contributed by atoms with Crippen molar-refractivity contribution in [1.29, 1.82) is 0 Å². The van der Waals surface area contributed by atoms with E-state index in [-0.39, 0.29) is 12.4 Å². The molecule has 1 unspecified atom stereocenters. The van der Waals surface area contributed by atoms with E-state index in [9.17, 15) is 5.11 Å². The number of pyridine rings is 5. The van der Waals surface area contributed by atoms with Crippen LogP contribution in [0.15, 0.2) is 123 Å². The van der Waals surface area contributed by atoms with Crippen molar-refractivity contribution in [2.45, 2.75) is 20.5 Å². The van der Waals surface area contributed by atoms with Gasteiger partial charge >= 0.3 is 8.60 Å². The molecule has 0 saturated heterocycles. The minimum absolute atomic E-state index is 0.0406. The van der Waals surface area contributed by atoms with Gasteiger partial charge in [-0.25, -0.2) is 0 Å². The summed E-state index contributed by atoms with van der Waals surface area (Å²) >= 11 is 0. The maximum atomic E-state index is 9.77. The number of nitrogens with zero attached hydrogens (tertiary/aromatic N) is 5. The number of aromatic hydroxyl groups is 1. The Bertz CT molecular complexity index is 1230. The molecule has 0 radical (unpaired) electrons. The lowest BCUT2D eigenvalue weighted by molar-refractivity contribution is 0.248. The van der Waals surface area contributed by atoms with Crippen LogP contribution in [0.1, 0.15) is 19.5 Å². The molecule has 0 fully saturated rings. The van der Waals surface area contributed by atoms with Gasteiger partial charge in [0.25, 0.3) is 0 Å². The Morgan fingerprint density at radius 2 is 1.17 bits per heavy atom. The van der Waals surface area contributed by atoms with Crippen LogP contribution in [-0.4, -0.2) is 34.9 Å². The Kier molecular flexibility index (Phi) is 17.3. The van der Waals surface area contributed by atoms with E-state index in [0.29, 0.717) is 22.9 Å². The highest BCUT2D eigenvalue weighted by molar-refractivity contribution is 7.42. The van der Waals surface area contributed by atoms with Crippen molar-refractivity contribution in [3.05, 3.63) is 128 Å². The van der Waals surface area contributed by atoms with Crippen molar-refractivity contribution in [2.24, 2.45) is 0 Å². The maximum absolute atomic E-state index is 9.77. The van der Waals surface area contributed by atoms with Crippen molar-refractivity contribution >= 4 is 17.6 Å². The molecule has 0 bridgehead atoms. The molecule has 5 aromatic heterocycles. The van der Waals surface area contributed by atoms with Crippen LogP contribution in [0.3, 0.4) is 0 Å². The third kappa shape index (κ3) is 14.6. The summed E-state index contributed by atoms with van der Waals surface area (Å²) in [5.74, 6) is 1.67. The smallest absolute Gasteiger partial charge is 0.463 e. The Hall–Kier alpha value is -4.27. The minimum Gasteiger partial charge on any atom is -0.506 e. The quantitative estimate of drug-likeness (QED) is 0.179. The zero-order valence-corrected chi connectivity index (χ0v) is 24.4. The Morgan fingerprint density at radius 1 is 0.659 bits per heavy atom. The second-order valence-electron chi connectivity index (χ2n) is 6.93. The van der Waals surface area contributed by atoms with E-state index < -0.39 is 17.6 Å². The lowest BCUT2D eigenvalue weighted by Gasteiger charge is -2.17. The number of aromatic nitrogens is 5. The first-order valence-electron chi connectivity index (χ1n) is 12.3. The standard InChI is InChI=1S/C16H14N3O4P.C5H6NO2P.C5H5N.C2H6/c20-16-6-3-9-19-15(16)12-21-24(22-13-4-1-7-17-10-13)23-14-5-2-8-18-11-14;7-9-8-5-2-1-3-6-4-5;1-2-4-6-5-3-1;1-2/h1-11,20H,12H2;1-4,7,9H;1-5H;1-2H3. The van der Waals surface area contributed by atoms with Gasteiger partial charge in [0.05, 0.1) is 18.6 Å². The second kappa shape index (κ2) is 21.5. The first-order chi connectivity index (χ1) is 20.2. The molecule has 13 heteroatoms. The second-order valence-corrected chi connectivity index (χ2v) is 8.39. The molecule has 5 rings (SSSR count). The summed E-state index contributed by atoms with van der Waals surface area (Å²) in [7, 11) is -2.29. The molecule has 2 N–H and O–H groups in total. The molecular formula is C28H31N5O6P2. The fourth-order valence-electron chi connectivity index (χ4n) is 2.47. The molecule has 41 heavy (non-hydrogen) atoms. The van der Waals surface area contributed by atoms with Crippen LogP contribution in [-0.2, 0) is 11.1 Å². The van der Waals surface area contributed by atoms with Gasteiger partial charge in [-0.15, -0.1) is 0 Å². The predicted octanol–water partition coefficient (Wildman–Crippen LogP) is 6.55. The van der Waals surface area contributed by atoms with Gasteiger partial charge in [0, 0.05) is 37.2 Å². The summed E-state index contributed by atoms with van der Waals surface area (Å²) in [6, 6.07) is 19.4. The van der Waals surface area contributed by atoms with E-state index in [1.165, 1.54) is 6.07 Å². The SMILES string of the molecule is CC.OPOc1cccnc1.Oc1cccnc1COP(Oc1cccnc1)Oc1cccnc1.c1ccncc1. The highest BCUT2D eigenvalue weighted by Crippen LogP contribution is 2.42. The maximum Gasteiger partial charge on any atom is 0.463 e. The molecule has 0 saturated carbocycles. The van der Waals surface area contributed by atoms with Gasteiger partial charge in [-0.3, -0.25) is 29.4 Å². The van der Waals surface area contributed by atoms with Crippen LogP contribution >= 0.6 is 17.6 Å². The number of rotatable bonds is 9. The average Bonchev–Trinajstić information content (AvgIpc) is 3.05. The Morgan fingerprint density at radius 3 is 1.59 bits per heavy atom. The fraction of sp³-hybridized carbons (Fsp3) is 0.107. The first kappa shape index (κ1) is 32.9. The molecular weight excluding hydrogens is 564 g/mol. The zero-order chi connectivity index (χ0) is 29.4. The molecule has 5 heterocycles. The molecule has 1 atom stereocenters. The fourth-order valence-corrected chi connectivity index (χ4v) is 3.63. The van der Waals surface area contributed by atoms with Gasteiger partial charge in [-0.2, -0.15) is 0 Å². The molecule has 0 amide bonds. The molecule has 11 nitrogen and oxygen atoms in total. The Labute approximate surface area is 242 Å². The van der Waals surface area contributed by atoms with Crippen LogP contribution in [0.5, 0.6) is 23.0 Å². The van der Waals surface area contributed by atoms with Crippen molar-refractivity contribution in [3.63, 3.8) is 0 Å². The van der Waals surface area contributed by atoms with Crippen LogP contribution < -0.4 is 13.6 Å². The van der Waals surface area contributed by atoms with Crippen LogP contribution in [0, 0.1) is 0 Å². The van der Waals surface area contributed by atoms with Gasteiger partial charge in [0.15, 0.2) is 0 Å². The highest BCUT2D eigenvalue weighted by atomic mass is 31.2. The van der Waals surface area contributed by atoms with Crippen molar-refractivity contribution < 1.29 is 28.1 Å². The van der Waals surface area contributed by atoms with E-state index in [1.54, 1.807) is 98.2 Å². The monoisotopic (exact) mass is 595 g/mol. The van der Waals surface area contributed by atoms with Crippen LogP contribution in [0.4, 0.5) is 0 Å². The summed E-state index contributed by atoms with van der Waals surface area (Å²) in [5, 5.41) is 9.77. The zero-order valence-electron chi connectivity index (χ0n) is 22.5. The lowest BCUT2D eigenvalue weighted by atomic mass is 10.3. The average molecular weight is 596 g/mol. The van der Waals surface area contributed by atoms with Crippen LogP contribution in [0.2, 0.25) is 0 Å². The van der Waals surface area contributed by atoms with E-state index in [0.717, 1.165) is 0 Å². The first-order valence-corrected chi connectivity index (χ1v) is 14.2. The number of hydrogen-bond donors (Lipinski definition) is 2. The molecule has 0 aliphatic rings. The minimum atomic E-state index is -1.78. The van der Waals surface area contributed by atoms with E-state index in [4.69, 9.17) is 23.0 Å². The van der Waals surface area contributed by atoms with Gasteiger partial charge in [0.2, 0.25) is 9.03 Å². The largest absolute Gasteiger partial charge is 0.506 e. The third-order valence-corrected chi connectivity index (χ3v) is 5.55. The molecule has 214 valence electrons. The van der Waals surface area contributed by atoms with Gasteiger partial charge < -0.3 is 23.6 Å². The molecule has 0 aliphatic carbocycles. The molecule has 0 aliphatic heterocycles. The van der Waals surface area contributed by atoms with E-state index >= 15 is 0 Å². The van der Waals surface area contributed by atoms with Crippen LogP contribution in [0.25, 0.3) is 0 Å². The van der Waals surface area contributed by atoms with Gasteiger partial charge in [-0.1, -0.05) is 19.9 Å². The lowest BCUT2D eigenvalue weighted by Crippen LogP contribution is -2.02. The van der Waals surface area contributed by atoms with Crippen molar-refractivity contribution in [3.8, 4) is 23.0 Å². The highest BCUT2D eigenvalue weighted by Gasteiger charge is 2.19. The summed E-state index contributed by atoms with van der Waals surface area (Å²) in [6.45, 7) is 4.04. The number of hydrogen-bond acceptors (Lipinski definition) is 11. The molecule has 5 aromatic rings. The summed E-state index contributed by atoms with van der Waals surface area (Å²) in [6.07, 6.45) is 14.7. The Balaban J connectivity index is 0.000000281. The van der Waals surface area contributed by atoms with Gasteiger partial charge in [-0.05, 0) is 60.7 Å². The third-order valence-electron chi connectivity index (χ3n) is 4.17. The summed E-state index contributed by atoms with van der Waals surface area (Å²) < 4.78 is 21.8. The van der Waals surface area contributed by atoms with Crippen molar-refractivity contribution in [1.82, 2.24) is 24.9 Å².